The first-order valence-corrected chi connectivity index (χ1v) is 10.8. The molecule has 0 atom stereocenters. The van der Waals surface area contributed by atoms with Gasteiger partial charge in [-0.3, -0.25) is 0 Å². The molecular weight excluding hydrogens is 352 g/mol. The highest BCUT2D eigenvalue weighted by molar-refractivity contribution is 6.04. The second-order valence-electron chi connectivity index (χ2n) is 7.62. The second-order valence-corrected chi connectivity index (χ2v) is 7.62. The van der Waals surface area contributed by atoms with E-state index in [1.54, 1.807) is 0 Å². The van der Waals surface area contributed by atoms with Gasteiger partial charge in [-0.25, -0.2) is 9.59 Å². The molecule has 0 aliphatic heterocycles. The molecule has 1 aromatic carbocycles. The van der Waals surface area contributed by atoms with Crippen LogP contribution in [0.15, 0.2) is 6.07 Å². The fraction of sp³-hybridized carbons (Fsp3) is 0.667. The summed E-state index contributed by atoms with van der Waals surface area (Å²) in [5, 5.41) is 0. The quantitative estimate of drug-likeness (QED) is 0.291. The Balaban J connectivity index is 2.61. The van der Waals surface area contributed by atoms with Gasteiger partial charge in [-0.1, -0.05) is 64.7 Å². The molecular formula is C24H38O4. The molecule has 158 valence electrons. The van der Waals surface area contributed by atoms with E-state index in [2.05, 4.69) is 6.92 Å². The Hall–Kier alpha value is -1.84. The van der Waals surface area contributed by atoms with Crippen LogP contribution in [0, 0.1) is 13.8 Å². The Kier molecular flexibility index (Phi) is 11.5. The van der Waals surface area contributed by atoms with E-state index in [0.29, 0.717) is 11.1 Å². The molecule has 0 aliphatic carbocycles. The zero-order chi connectivity index (χ0) is 20.9. The molecule has 0 spiro atoms. The van der Waals surface area contributed by atoms with Crippen molar-refractivity contribution >= 4 is 11.9 Å². The molecule has 0 radical (unpaired) electrons. The standard InChI is InChI=1S/C24H38O4/c1-6-7-8-9-10-11-12-13-14-15-16-20-17-21(23(25)27-4)22(24(26)28-5)19(3)18(20)2/h17H,6-16H2,1-5H3. The lowest BCUT2D eigenvalue weighted by molar-refractivity contribution is 0.0554. The number of aryl methyl sites for hydroxylation is 1. The first-order chi connectivity index (χ1) is 13.5. The van der Waals surface area contributed by atoms with Crippen molar-refractivity contribution in [2.75, 3.05) is 14.2 Å². The van der Waals surface area contributed by atoms with Gasteiger partial charge < -0.3 is 9.47 Å². The third-order valence-electron chi connectivity index (χ3n) is 5.60. The second kappa shape index (κ2) is 13.4. The molecule has 0 bridgehead atoms. The summed E-state index contributed by atoms with van der Waals surface area (Å²) >= 11 is 0. The summed E-state index contributed by atoms with van der Waals surface area (Å²) in [4.78, 5) is 24.3. The van der Waals surface area contributed by atoms with Gasteiger partial charge in [0.1, 0.15) is 0 Å². The van der Waals surface area contributed by atoms with Crippen LogP contribution in [0.3, 0.4) is 0 Å². The maximum absolute atomic E-state index is 12.2. The number of hydrogen-bond acceptors (Lipinski definition) is 4. The summed E-state index contributed by atoms with van der Waals surface area (Å²) in [6, 6.07) is 1.81. The maximum atomic E-state index is 12.2. The van der Waals surface area contributed by atoms with E-state index in [1.807, 2.05) is 19.9 Å². The Morgan fingerprint density at radius 1 is 0.750 bits per heavy atom. The number of unbranched alkanes of at least 4 members (excludes halogenated alkanes) is 9. The molecule has 0 saturated heterocycles. The lowest BCUT2D eigenvalue weighted by Gasteiger charge is -2.16. The van der Waals surface area contributed by atoms with Gasteiger partial charge in [0, 0.05) is 0 Å². The molecule has 1 rings (SSSR count). The van der Waals surface area contributed by atoms with Crippen LogP contribution < -0.4 is 0 Å². The summed E-state index contributed by atoms with van der Waals surface area (Å²) in [5.74, 6) is -0.987. The minimum absolute atomic E-state index is 0.305. The van der Waals surface area contributed by atoms with Crippen molar-refractivity contribution in [1.29, 1.82) is 0 Å². The molecule has 0 fully saturated rings. The molecule has 0 aliphatic rings. The van der Waals surface area contributed by atoms with E-state index in [4.69, 9.17) is 9.47 Å². The van der Waals surface area contributed by atoms with E-state index in [-0.39, 0.29) is 0 Å². The number of ether oxygens (including phenoxy) is 2. The summed E-state index contributed by atoms with van der Waals surface area (Å²) in [6.45, 7) is 6.13. The number of carbonyl (C=O) groups is 2. The van der Waals surface area contributed by atoms with Gasteiger partial charge in [-0.05, 0) is 49.4 Å². The Labute approximate surface area is 171 Å². The van der Waals surface area contributed by atoms with Crippen LogP contribution in [-0.4, -0.2) is 26.2 Å². The van der Waals surface area contributed by atoms with Gasteiger partial charge >= 0.3 is 11.9 Å². The highest BCUT2D eigenvalue weighted by Crippen LogP contribution is 2.25. The highest BCUT2D eigenvalue weighted by atomic mass is 16.5. The summed E-state index contributed by atoms with van der Waals surface area (Å²) < 4.78 is 9.75. The molecule has 0 saturated carbocycles. The van der Waals surface area contributed by atoms with E-state index >= 15 is 0 Å². The third-order valence-corrected chi connectivity index (χ3v) is 5.60. The van der Waals surface area contributed by atoms with Crippen molar-refractivity contribution in [2.24, 2.45) is 0 Å². The molecule has 1 aromatic rings. The fourth-order valence-electron chi connectivity index (χ4n) is 3.68. The van der Waals surface area contributed by atoms with E-state index in [9.17, 15) is 9.59 Å². The average molecular weight is 391 g/mol. The molecule has 4 heteroatoms. The summed E-state index contributed by atoms with van der Waals surface area (Å²) in [5.41, 5.74) is 3.60. The number of carbonyl (C=O) groups excluding carboxylic acids is 2. The Bertz CT molecular complexity index is 634. The van der Waals surface area contributed by atoms with Crippen LogP contribution in [0.25, 0.3) is 0 Å². The van der Waals surface area contributed by atoms with Crippen molar-refractivity contribution in [3.8, 4) is 0 Å². The topological polar surface area (TPSA) is 52.6 Å². The maximum Gasteiger partial charge on any atom is 0.339 e. The molecule has 0 aromatic heterocycles. The molecule has 0 N–H and O–H groups in total. The van der Waals surface area contributed by atoms with E-state index < -0.39 is 11.9 Å². The number of esters is 2. The molecule has 0 amide bonds. The molecule has 4 nitrogen and oxygen atoms in total. The van der Waals surface area contributed by atoms with Crippen LogP contribution in [-0.2, 0) is 15.9 Å². The van der Waals surface area contributed by atoms with Crippen LogP contribution >= 0.6 is 0 Å². The Morgan fingerprint density at radius 3 is 1.75 bits per heavy atom. The molecule has 0 heterocycles. The minimum atomic E-state index is -0.494. The van der Waals surface area contributed by atoms with Crippen molar-refractivity contribution < 1.29 is 19.1 Å². The predicted molar refractivity (Wildman–Crippen MR) is 114 cm³/mol. The fourth-order valence-corrected chi connectivity index (χ4v) is 3.68. The lowest BCUT2D eigenvalue weighted by Crippen LogP contribution is -2.16. The number of hydrogen-bond donors (Lipinski definition) is 0. The average Bonchev–Trinajstić information content (AvgIpc) is 2.70. The van der Waals surface area contributed by atoms with Gasteiger partial charge in [0.15, 0.2) is 0 Å². The monoisotopic (exact) mass is 390 g/mol. The van der Waals surface area contributed by atoms with Gasteiger partial charge in [0.2, 0.25) is 0 Å². The van der Waals surface area contributed by atoms with Gasteiger partial charge in [-0.2, -0.15) is 0 Å². The Morgan fingerprint density at radius 2 is 1.25 bits per heavy atom. The van der Waals surface area contributed by atoms with E-state index in [1.165, 1.54) is 72.0 Å². The number of methoxy groups -OCH3 is 2. The number of rotatable bonds is 13. The zero-order valence-corrected chi connectivity index (χ0v) is 18.5. The van der Waals surface area contributed by atoms with Gasteiger partial charge in [0.25, 0.3) is 0 Å². The van der Waals surface area contributed by atoms with Gasteiger partial charge in [-0.15, -0.1) is 0 Å². The summed E-state index contributed by atoms with van der Waals surface area (Å²) in [6.07, 6.45) is 13.9. The SMILES string of the molecule is CCCCCCCCCCCCc1cc(C(=O)OC)c(C(=O)OC)c(C)c1C. The molecule has 28 heavy (non-hydrogen) atoms. The zero-order valence-electron chi connectivity index (χ0n) is 18.5. The van der Waals surface area contributed by atoms with Crippen molar-refractivity contribution in [3.05, 3.63) is 33.9 Å². The first kappa shape index (κ1) is 24.2. The normalized spacial score (nSPS) is 10.8. The largest absolute Gasteiger partial charge is 0.465 e. The van der Waals surface area contributed by atoms with Crippen LogP contribution in [0.5, 0.6) is 0 Å². The first-order valence-electron chi connectivity index (χ1n) is 10.8. The van der Waals surface area contributed by atoms with Crippen LogP contribution in [0.2, 0.25) is 0 Å². The third kappa shape index (κ3) is 7.29. The smallest absolute Gasteiger partial charge is 0.339 e. The van der Waals surface area contributed by atoms with Crippen molar-refractivity contribution in [1.82, 2.24) is 0 Å². The summed E-state index contributed by atoms with van der Waals surface area (Å²) in [7, 11) is 2.66. The highest BCUT2D eigenvalue weighted by Gasteiger charge is 2.23. The lowest BCUT2D eigenvalue weighted by atomic mass is 9.90. The van der Waals surface area contributed by atoms with Crippen LogP contribution in [0.4, 0.5) is 0 Å². The van der Waals surface area contributed by atoms with Crippen molar-refractivity contribution in [2.45, 2.75) is 91.4 Å². The van der Waals surface area contributed by atoms with Crippen LogP contribution in [0.1, 0.15) is 109 Å². The van der Waals surface area contributed by atoms with E-state index in [0.717, 1.165) is 29.5 Å². The minimum Gasteiger partial charge on any atom is -0.465 e. The van der Waals surface area contributed by atoms with Crippen molar-refractivity contribution in [3.63, 3.8) is 0 Å². The molecule has 0 unspecified atom stereocenters. The predicted octanol–water partition coefficient (Wildman–Crippen LogP) is 6.34. The van der Waals surface area contributed by atoms with Gasteiger partial charge in [0.05, 0.1) is 25.3 Å². The number of benzene rings is 1.